The summed E-state index contributed by atoms with van der Waals surface area (Å²) in [6, 6.07) is 0. The molecule has 2 N–H and O–H groups in total. The van der Waals surface area contributed by atoms with Gasteiger partial charge >= 0.3 is 5.97 Å². The lowest BCUT2D eigenvalue weighted by atomic mass is 9.82. The van der Waals surface area contributed by atoms with E-state index >= 15 is 0 Å². The van der Waals surface area contributed by atoms with Gasteiger partial charge in [0.1, 0.15) is 5.60 Å². The minimum atomic E-state index is -0.718. The molecule has 0 radical (unpaired) electrons. The molecule has 1 saturated carbocycles. The third-order valence-electron chi connectivity index (χ3n) is 8.67. The molecule has 0 heterocycles. The zero-order chi connectivity index (χ0) is 36.8. The number of allylic oxidation sites excluding steroid dienone is 6. The van der Waals surface area contributed by atoms with Crippen LogP contribution in [0, 0.1) is 5.92 Å². The van der Waals surface area contributed by atoms with Crippen molar-refractivity contribution in [1.82, 2.24) is 10.6 Å². The summed E-state index contributed by atoms with van der Waals surface area (Å²) in [5, 5.41) is 5.70. The molecule has 1 unspecified atom stereocenters. The second-order valence-corrected chi connectivity index (χ2v) is 15.7. The van der Waals surface area contributed by atoms with Gasteiger partial charge in [-0.3, -0.25) is 14.4 Å². The van der Waals surface area contributed by atoms with Crippen LogP contribution in [0.2, 0.25) is 0 Å². The van der Waals surface area contributed by atoms with Crippen molar-refractivity contribution in [2.45, 2.75) is 97.0 Å². The summed E-state index contributed by atoms with van der Waals surface area (Å²) in [6.07, 6.45) is 22.4. The van der Waals surface area contributed by atoms with E-state index in [1.54, 1.807) is 21.6 Å². The molecule has 2 aliphatic carbocycles. The Hall–Kier alpha value is -2.09. The van der Waals surface area contributed by atoms with Gasteiger partial charge in [-0.2, -0.15) is 0 Å². The van der Waals surface area contributed by atoms with Crippen molar-refractivity contribution in [2.75, 3.05) is 77.5 Å². The van der Waals surface area contributed by atoms with Crippen LogP contribution in [0.15, 0.2) is 47.6 Å². The van der Waals surface area contributed by atoms with Gasteiger partial charge in [0.15, 0.2) is 0 Å². The van der Waals surface area contributed by atoms with Crippen molar-refractivity contribution < 1.29 is 38.1 Å². The van der Waals surface area contributed by atoms with Gasteiger partial charge < -0.3 is 34.3 Å². The van der Waals surface area contributed by atoms with Gasteiger partial charge in [-0.25, -0.2) is 0 Å². The van der Waals surface area contributed by atoms with E-state index in [9.17, 15) is 14.4 Å². The molecular formula is C39H64N2O8S2. The lowest BCUT2D eigenvalue weighted by Crippen LogP contribution is -2.33. The van der Waals surface area contributed by atoms with Crippen LogP contribution in [-0.2, 0) is 38.1 Å². The monoisotopic (exact) mass is 752 g/mol. The van der Waals surface area contributed by atoms with Crippen LogP contribution in [0.3, 0.4) is 0 Å². The van der Waals surface area contributed by atoms with E-state index in [2.05, 4.69) is 41.9 Å². The van der Waals surface area contributed by atoms with Crippen molar-refractivity contribution in [3.8, 4) is 0 Å². The molecule has 0 aromatic carbocycles. The number of hydrogen-bond donors (Lipinski definition) is 2. The van der Waals surface area contributed by atoms with Crippen LogP contribution >= 0.6 is 21.6 Å². The van der Waals surface area contributed by atoms with Crippen LogP contribution in [0.4, 0.5) is 0 Å². The number of carbonyl (C=O) groups excluding carboxylic acids is 3. The molecule has 2 aliphatic rings. The molecule has 0 spiro atoms. The van der Waals surface area contributed by atoms with Crippen LogP contribution in [-0.4, -0.2) is 101 Å². The molecule has 12 heteroatoms. The van der Waals surface area contributed by atoms with Crippen LogP contribution in [0.5, 0.6) is 0 Å². The van der Waals surface area contributed by atoms with Gasteiger partial charge in [0.2, 0.25) is 11.8 Å². The summed E-state index contributed by atoms with van der Waals surface area (Å²) in [4.78, 5) is 36.7. The van der Waals surface area contributed by atoms with Crippen molar-refractivity contribution in [3.05, 3.63) is 47.6 Å². The number of carbonyl (C=O) groups is 3. The largest absolute Gasteiger partial charge is 0.454 e. The zero-order valence-corrected chi connectivity index (χ0v) is 33.0. The zero-order valence-electron chi connectivity index (χ0n) is 31.4. The summed E-state index contributed by atoms with van der Waals surface area (Å²) in [6.45, 7) is 10.4. The molecule has 0 aromatic heterocycles. The fraction of sp³-hybridized carbons (Fsp3) is 0.718. The predicted molar refractivity (Wildman–Crippen MR) is 209 cm³/mol. The Morgan fingerprint density at radius 1 is 0.765 bits per heavy atom. The number of amides is 2. The van der Waals surface area contributed by atoms with Gasteiger partial charge in [-0.05, 0) is 43.3 Å². The molecule has 2 amide bonds. The van der Waals surface area contributed by atoms with Crippen molar-refractivity contribution >= 4 is 39.4 Å². The maximum Gasteiger partial charge on any atom is 0.306 e. The standard InChI is InChI=1S/C39H64N2O8S2/c1-4-39(3,35-16-11-7-10-15-34(32-35)31-33-13-8-6-9-14-33)49-38(44)17-12-20-40-36(42)18-22-45-24-26-47-28-29-48-27-25-46-23-21-41-37(43)19-30-51-50-5-2/h7,10-11,15-16,32-33H,4-6,8-9,12-14,17-31H2,1-3H3,(H,40,42)(H,41,43)/b10-7?,11-7-,15-10-,16-11?,34-15?,34-32+,35-16+,35-32?. The molecule has 0 bridgehead atoms. The number of rotatable bonds is 29. The highest BCUT2D eigenvalue weighted by atomic mass is 33.1. The second-order valence-electron chi connectivity index (χ2n) is 12.8. The summed E-state index contributed by atoms with van der Waals surface area (Å²) >= 11 is 0. The lowest BCUT2D eigenvalue weighted by Gasteiger charge is -2.31. The predicted octanol–water partition coefficient (Wildman–Crippen LogP) is 6.91. The molecule has 1 atom stereocenters. The smallest absolute Gasteiger partial charge is 0.306 e. The molecular weight excluding hydrogens is 689 g/mol. The maximum absolute atomic E-state index is 12.9. The van der Waals surface area contributed by atoms with E-state index in [0.717, 1.165) is 29.4 Å². The Morgan fingerprint density at radius 2 is 1.41 bits per heavy atom. The molecule has 290 valence electrons. The minimum Gasteiger partial charge on any atom is -0.454 e. The van der Waals surface area contributed by atoms with Gasteiger partial charge in [-0.1, -0.05) is 104 Å². The Kier molecular flexibility index (Phi) is 26.0. The highest BCUT2D eigenvalue weighted by Gasteiger charge is 2.30. The fourth-order valence-corrected chi connectivity index (χ4v) is 7.28. The Morgan fingerprint density at radius 3 is 2.10 bits per heavy atom. The van der Waals surface area contributed by atoms with E-state index in [-0.39, 0.29) is 30.6 Å². The number of nitrogens with one attached hydrogen (secondary N) is 2. The van der Waals surface area contributed by atoms with E-state index in [1.165, 1.54) is 37.7 Å². The van der Waals surface area contributed by atoms with E-state index in [1.807, 2.05) is 26.0 Å². The van der Waals surface area contributed by atoms with Crippen LogP contribution in [0.25, 0.3) is 0 Å². The van der Waals surface area contributed by atoms with E-state index < -0.39 is 5.60 Å². The first-order valence-electron chi connectivity index (χ1n) is 18.9. The van der Waals surface area contributed by atoms with Gasteiger partial charge in [0, 0.05) is 43.9 Å². The summed E-state index contributed by atoms with van der Waals surface area (Å²) in [5.74, 6) is 2.27. The molecule has 1 fully saturated rings. The van der Waals surface area contributed by atoms with Gasteiger partial charge in [0.05, 0.1) is 52.9 Å². The quantitative estimate of drug-likeness (QED) is 0.0474. The van der Waals surface area contributed by atoms with Gasteiger partial charge in [0.25, 0.3) is 0 Å². The van der Waals surface area contributed by atoms with Crippen LogP contribution < -0.4 is 10.6 Å². The number of ether oxygens (including phenoxy) is 5. The molecule has 0 saturated heterocycles. The maximum atomic E-state index is 12.9. The first kappa shape index (κ1) is 45.1. The Labute approximate surface area is 315 Å². The van der Waals surface area contributed by atoms with E-state index in [0.29, 0.717) is 85.2 Å². The molecule has 2 rings (SSSR count). The average Bonchev–Trinajstić information content (AvgIpc) is 3.11. The molecule has 0 aliphatic heterocycles. The SMILES string of the molecule is CCSSCCC(=O)NCCOCCOCCOCCOCCC(=O)NCCCC(=O)OC(C)(CC)C1=C/C=C\C=C/C(CC2CCCCC2)=C\1. The third-order valence-corrected chi connectivity index (χ3v) is 11.2. The highest BCUT2D eigenvalue weighted by molar-refractivity contribution is 8.76. The fourth-order valence-electron chi connectivity index (χ4n) is 5.62. The topological polar surface area (TPSA) is 121 Å². The van der Waals surface area contributed by atoms with Crippen molar-refractivity contribution in [2.24, 2.45) is 5.92 Å². The third kappa shape index (κ3) is 22.6. The summed E-state index contributed by atoms with van der Waals surface area (Å²) < 4.78 is 28.0. The Bertz CT molecular complexity index is 1110. The lowest BCUT2D eigenvalue weighted by molar-refractivity contribution is -0.155. The normalized spacial score (nSPS) is 19.4. The molecule has 10 nitrogen and oxygen atoms in total. The number of esters is 1. The summed E-state index contributed by atoms with van der Waals surface area (Å²) in [5.41, 5.74) is 1.59. The van der Waals surface area contributed by atoms with Crippen LogP contribution in [0.1, 0.15) is 91.4 Å². The number of hydrogen-bond acceptors (Lipinski definition) is 10. The Balaban J connectivity index is 1.45. The van der Waals surface area contributed by atoms with Crippen molar-refractivity contribution in [3.63, 3.8) is 0 Å². The van der Waals surface area contributed by atoms with Gasteiger partial charge in [-0.15, -0.1) is 0 Å². The van der Waals surface area contributed by atoms with E-state index in [4.69, 9.17) is 23.7 Å². The highest BCUT2D eigenvalue weighted by Crippen LogP contribution is 2.33. The first-order chi connectivity index (χ1) is 24.9. The second kappa shape index (κ2) is 29.4. The first-order valence-corrected chi connectivity index (χ1v) is 21.4. The summed E-state index contributed by atoms with van der Waals surface area (Å²) in [7, 11) is 3.48. The van der Waals surface area contributed by atoms with Crippen molar-refractivity contribution in [1.29, 1.82) is 0 Å². The molecule has 0 aromatic rings. The average molecular weight is 753 g/mol. The molecule has 51 heavy (non-hydrogen) atoms. The minimum absolute atomic E-state index is 0.0511.